The molecule has 0 aromatic heterocycles. The Balaban J connectivity index is 2.33. The maximum atomic E-state index is 12.7. The molecule has 0 spiro atoms. The van der Waals surface area contributed by atoms with Crippen LogP contribution in [-0.2, 0) is 9.59 Å². The highest BCUT2D eigenvalue weighted by Crippen LogP contribution is 2.02. The molecular formula is C13H15FN2O4. The Hall–Kier alpha value is -2.44. The summed E-state index contributed by atoms with van der Waals surface area (Å²) in [5.74, 6) is -2.47. The lowest BCUT2D eigenvalue weighted by molar-refractivity contribution is -0.141. The van der Waals surface area contributed by atoms with Gasteiger partial charge in [-0.25, -0.2) is 4.39 Å². The molecule has 0 bridgehead atoms. The molecule has 0 heterocycles. The molecule has 0 aliphatic heterocycles. The van der Waals surface area contributed by atoms with Crippen molar-refractivity contribution in [2.45, 2.75) is 19.4 Å². The topological polar surface area (TPSA) is 95.5 Å². The molecule has 0 saturated carbocycles. The molecule has 0 aliphatic rings. The van der Waals surface area contributed by atoms with Gasteiger partial charge in [-0.15, -0.1) is 0 Å². The lowest BCUT2D eigenvalue weighted by Gasteiger charge is -2.09. The summed E-state index contributed by atoms with van der Waals surface area (Å²) in [4.78, 5) is 33.5. The Morgan fingerprint density at radius 2 is 1.85 bits per heavy atom. The zero-order valence-electron chi connectivity index (χ0n) is 10.9. The molecular weight excluding hydrogens is 267 g/mol. The van der Waals surface area contributed by atoms with Gasteiger partial charge in [-0.1, -0.05) is 0 Å². The first-order chi connectivity index (χ1) is 9.40. The lowest BCUT2D eigenvalue weighted by atomic mass is 10.2. The minimum absolute atomic E-state index is 0.0371. The number of carboxylic acid groups (broad SMARTS) is 1. The van der Waals surface area contributed by atoms with E-state index in [1.54, 1.807) is 0 Å². The number of amides is 2. The van der Waals surface area contributed by atoms with Crippen molar-refractivity contribution >= 4 is 17.8 Å². The van der Waals surface area contributed by atoms with Crippen molar-refractivity contribution in [3.05, 3.63) is 35.6 Å². The summed E-state index contributed by atoms with van der Waals surface area (Å²) in [6.07, 6.45) is -0.0371. The number of nitrogens with one attached hydrogen (secondary N) is 2. The first-order valence-corrected chi connectivity index (χ1v) is 5.96. The summed E-state index contributed by atoms with van der Waals surface area (Å²) in [5.41, 5.74) is 0.283. The highest BCUT2D eigenvalue weighted by molar-refractivity contribution is 5.94. The normalized spacial score (nSPS) is 11.5. The number of benzene rings is 1. The first kappa shape index (κ1) is 15.6. The van der Waals surface area contributed by atoms with Crippen molar-refractivity contribution in [1.29, 1.82) is 0 Å². The van der Waals surface area contributed by atoms with Crippen molar-refractivity contribution in [2.75, 3.05) is 6.54 Å². The molecule has 1 atom stereocenters. The largest absolute Gasteiger partial charge is 0.480 e. The van der Waals surface area contributed by atoms with Crippen molar-refractivity contribution in [3.8, 4) is 0 Å². The zero-order valence-corrected chi connectivity index (χ0v) is 10.9. The van der Waals surface area contributed by atoms with Crippen molar-refractivity contribution in [1.82, 2.24) is 10.6 Å². The van der Waals surface area contributed by atoms with Crippen LogP contribution in [0.2, 0.25) is 0 Å². The van der Waals surface area contributed by atoms with Crippen molar-refractivity contribution < 1.29 is 23.9 Å². The maximum Gasteiger partial charge on any atom is 0.325 e. The second-order valence-electron chi connectivity index (χ2n) is 4.14. The summed E-state index contributed by atoms with van der Waals surface area (Å²) in [6.45, 7) is 1.41. The number of halogens is 1. The summed E-state index contributed by atoms with van der Waals surface area (Å²) in [6, 6.07) is 4.01. The molecule has 3 N–H and O–H groups in total. The Bertz CT molecular complexity index is 502. The van der Waals surface area contributed by atoms with Gasteiger partial charge in [0.15, 0.2) is 0 Å². The van der Waals surface area contributed by atoms with Gasteiger partial charge in [0.2, 0.25) is 5.91 Å². The number of aliphatic carboxylic acids is 1. The zero-order chi connectivity index (χ0) is 15.1. The number of carboxylic acids is 1. The standard InChI is InChI=1S/C13H15FN2O4/c1-8(13(19)20)16-11(17)6-7-15-12(18)9-2-4-10(14)5-3-9/h2-5,8H,6-7H2,1H3,(H,15,18)(H,16,17)(H,19,20)/t8-/m0/s1. The summed E-state index contributed by atoms with van der Waals surface area (Å²) >= 11 is 0. The molecule has 20 heavy (non-hydrogen) atoms. The van der Waals surface area contributed by atoms with Gasteiger partial charge in [-0.3, -0.25) is 14.4 Å². The van der Waals surface area contributed by atoms with E-state index >= 15 is 0 Å². The number of rotatable bonds is 6. The van der Waals surface area contributed by atoms with Crippen LogP contribution in [0.3, 0.4) is 0 Å². The third kappa shape index (κ3) is 5.05. The van der Waals surface area contributed by atoms with E-state index in [0.717, 1.165) is 12.1 Å². The minimum atomic E-state index is -1.13. The molecule has 1 aromatic carbocycles. The second kappa shape index (κ2) is 7.22. The number of carbonyl (C=O) groups excluding carboxylic acids is 2. The highest BCUT2D eigenvalue weighted by Gasteiger charge is 2.13. The van der Waals surface area contributed by atoms with E-state index in [-0.39, 0.29) is 18.5 Å². The van der Waals surface area contributed by atoms with E-state index in [2.05, 4.69) is 10.6 Å². The molecule has 108 valence electrons. The van der Waals surface area contributed by atoms with Crippen LogP contribution in [-0.4, -0.2) is 35.5 Å². The van der Waals surface area contributed by atoms with E-state index in [4.69, 9.17) is 5.11 Å². The van der Waals surface area contributed by atoms with Crippen LogP contribution >= 0.6 is 0 Å². The number of hydrogen-bond acceptors (Lipinski definition) is 3. The molecule has 6 nitrogen and oxygen atoms in total. The average Bonchev–Trinajstić information content (AvgIpc) is 2.39. The summed E-state index contributed by atoms with van der Waals surface area (Å²) < 4.78 is 12.7. The predicted molar refractivity (Wildman–Crippen MR) is 68.6 cm³/mol. The van der Waals surface area contributed by atoms with Gasteiger partial charge >= 0.3 is 5.97 Å². The first-order valence-electron chi connectivity index (χ1n) is 5.96. The Labute approximate surface area is 115 Å². The third-order valence-electron chi connectivity index (χ3n) is 2.49. The van der Waals surface area contributed by atoms with Crippen LogP contribution < -0.4 is 10.6 Å². The fourth-order valence-electron chi connectivity index (χ4n) is 1.37. The van der Waals surface area contributed by atoms with Crippen LogP contribution in [0.25, 0.3) is 0 Å². The van der Waals surface area contributed by atoms with Crippen LogP contribution in [0.1, 0.15) is 23.7 Å². The van der Waals surface area contributed by atoms with Gasteiger partial charge in [0.1, 0.15) is 11.9 Å². The maximum absolute atomic E-state index is 12.7. The van der Waals surface area contributed by atoms with Crippen LogP contribution in [0.15, 0.2) is 24.3 Å². The molecule has 0 fully saturated rings. The van der Waals surface area contributed by atoms with Gasteiger partial charge in [0.25, 0.3) is 5.91 Å². The molecule has 0 unspecified atom stereocenters. The lowest BCUT2D eigenvalue weighted by Crippen LogP contribution is -2.39. The van der Waals surface area contributed by atoms with Crippen molar-refractivity contribution in [2.24, 2.45) is 0 Å². The van der Waals surface area contributed by atoms with Crippen molar-refractivity contribution in [3.63, 3.8) is 0 Å². The van der Waals surface area contributed by atoms with Gasteiger partial charge in [-0.05, 0) is 31.2 Å². The minimum Gasteiger partial charge on any atom is -0.480 e. The predicted octanol–water partition coefficient (Wildman–Crippen LogP) is 0.535. The van der Waals surface area contributed by atoms with Gasteiger partial charge in [-0.2, -0.15) is 0 Å². The van der Waals surface area contributed by atoms with E-state index in [0.29, 0.717) is 0 Å². The molecule has 0 aliphatic carbocycles. The molecule has 0 radical (unpaired) electrons. The number of hydrogen-bond donors (Lipinski definition) is 3. The average molecular weight is 282 g/mol. The van der Waals surface area contributed by atoms with Crippen LogP contribution in [0, 0.1) is 5.82 Å². The van der Waals surface area contributed by atoms with E-state index in [1.165, 1.54) is 19.1 Å². The number of carbonyl (C=O) groups is 3. The Morgan fingerprint density at radius 3 is 2.40 bits per heavy atom. The van der Waals surface area contributed by atoms with Crippen LogP contribution in [0.5, 0.6) is 0 Å². The van der Waals surface area contributed by atoms with Crippen LogP contribution in [0.4, 0.5) is 4.39 Å². The molecule has 2 amide bonds. The molecule has 1 rings (SSSR count). The summed E-state index contributed by atoms with van der Waals surface area (Å²) in [5, 5.41) is 13.3. The monoisotopic (exact) mass is 282 g/mol. The smallest absolute Gasteiger partial charge is 0.325 e. The third-order valence-corrected chi connectivity index (χ3v) is 2.49. The molecule has 1 aromatic rings. The van der Waals surface area contributed by atoms with Gasteiger partial charge in [0, 0.05) is 18.5 Å². The fourth-order valence-corrected chi connectivity index (χ4v) is 1.37. The Kier molecular flexibility index (Phi) is 5.64. The highest BCUT2D eigenvalue weighted by atomic mass is 19.1. The van der Waals surface area contributed by atoms with E-state index in [1.807, 2.05) is 0 Å². The Morgan fingerprint density at radius 1 is 1.25 bits per heavy atom. The quantitative estimate of drug-likeness (QED) is 0.709. The molecule has 7 heteroatoms. The fraction of sp³-hybridized carbons (Fsp3) is 0.308. The van der Waals surface area contributed by atoms with E-state index in [9.17, 15) is 18.8 Å². The van der Waals surface area contributed by atoms with Gasteiger partial charge in [0.05, 0.1) is 0 Å². The molecule has 0 saturated heterocycles. The summed E-state index contributed by atoms with van der Waals surface area (Å²) in [7, 11) is 0. The second-order valence-corrected chi connectivity index (χ2v) is 4.14. The SMILES string of the molecule is C[C@H](NC(=O)CCNC(=O)c1ccc(F)cc1)C(=O)O. The van der Waals surface area contributed by atoms with E-state index < -0.39 is 29.6 Å². The van der Waals surface area contributed by atoms with Gasteiger partial charge < -0.3 is 15.7 Å².